The van der Waals surface area contributed by atoms with Crippen LogP contribution in [0.5, 0.6) is 0 Å². The molecular formula is C22H34O4. The van der Waals surface area contributed by atoms with Crippen LogP contribution in [0.15, 0.2) is 0 Å². The van der Waals surface area contributed by atoms with Crippen LogP contribution < -0.4 is 0 Å². The molecule has 4 nitrogen and oxygen atoms in total. The Morgan fingerprint density at radius 3 is 1.81 bits per heavy atom. The summed E-state index contributed by atoms with van der Waals surface area (Å²) in [6, 6.07) is 0. The number of hydrogen-bond acceptors (Lipinski definition) is 4. The summed E-state index contributed by atoms with van der Waals surface area (Å²) in [5, 5.41) is 0. The van der Waals surface area contributed by atoms with Gasteiger partial charge < -0.3 is 9.47 Å². The van der Waals surface area contributed by atoms with E-state index in [-0.39, 0.29) is 12.1 Å². The van der Waals surface area contributed by atoms with Gasteiger partial charge in [0.2, 0.25) is 0 Å². The minimum atomic E-state index is -0.755. The molecule has 4 rings (SSSR count). The fourth-order valence-corrected chi connectivity index (χ4v) is 6.77. The van der Waals surface area contributed by atoms with E-state index in [1.165, 1.54) is 51.4 Å². The highest BCUT2D eigenvalue weighted by Gasteiger charge is 2.52. The Morgan fingerprint density at radius 2 is 1.42 bits per heavy atom. The summed E-state index contributed by atoms with van der Waals surface area (Å²) in [4.78, 5) is 25.1. The van der Waals surface area contributed by atoms with Crippen molar-refractivity contribution < 1.29 is 19.1 Å². The lowest BCUT2D eigenvalue weighted by atomic mass is 9.74. The van der Waals surface area contributed by atoms with Crippen LogP contribution in [0.1, 0.15) is 71.6 Å². The van der Waals surface area contributed by atoms with Gasteiger partial charge in [-0.1, -0.05) is 19.8 Å². The predicted octanol–water partition coefficient (Wildman–Crippen LogP) is 4.36. The van der Waals surface area contributed by atoms with Gasteiger partial charge in [0.25, 0.3) is 0 Å². The summed E-state index contributed by atoms with van der Waals surface area (Å²) in [7, 11) is 0. The molecule has 0 heterocycles. The maximum Gasteiger partial charge on any atom is 0.320 e. The van der Waals surface area contributed by atoms with E-state index >= 15 is 0 Å². The summed E-state index contributed by atoms with van der Waals surface area (Å²) >= 11 is 0. The summed E-state index contributed by atoms with van der Waals surface area (Å²) in [6.07, 6.45) is 10.9. The van der Waals surface area contributed by atoms with Crippen molar-refractivity contribution in [2.24, 2.45) is 41.4 Å². The van der Waals surface area contributed by atoms with E-state index in [0.717, 1.165) is 23.7 Å². The van der Waals surface area contributed by atoms with Crippen molar-refractivity contribution in [3.05, 3.63) is 0 Å². The van der Waals surface area contributed by atoms with Gasteiger partial charge in [-0.05, 0) is 87.4 Å². The van der Waals surface area contributed by atoms with E-state index < -0.39 is 11.9 Å². The van der Waals surface area contributed by atoms with Crippen LogP contribution in [0.2, 0.25) is 0 Å². The zero-order valence-electron chi connectivity index (χ0n) is 16.3. The lowest BCUT2D eigenvalue weighted by Gasteiger charge is -2.38. The second-order valence-electron chi connectivity index (χ2n) is 9.29. The van der Waals surface area contributed by atoms with Gasteiger partial charge in [0.05, 0.1) is 6.61 Å². The molecule has 7 atom stereocenters. The smallest absolute Gasteiger partial charge is 0.320 e. The van der Waals surface area contributed by atoms with Crippen LogP contribution in [-0.4, -0.2) is 24.6 Å². The van der Waals surface area contributed by atoms with Crippen molar-refractivity contribution in [2.75, 3.05) is 6.61 Å². The van der Waals surface area contributed by atoms with E-state index in [2.05, 4.69) is 0 Å². The summed E-state index contributed by atoms with van der Waals surface area (Å²) in [6.45, 7) is 3.96. The van der Waals surface area contributed by atoms with E-state index in [9.17, 15) is 9.59 Å². The monoisotopic (exact) mass is 362 g/mol. The molecule has 0 radical (unpaired) electrons. The first-order valence-corrected chi connectivity index (χ1v) is 11.0. The van der Waals surface area contributed by atoms with Gasteiger partial charge in [-0.25, -0.2) is 0 Å². The minimum Gasteiger partial charge on any atom is -0.465 e. The maximum absolute atomic E-state index is 12.9. The molecule has 4 aliphatic carbocycles. The molecule has 0 amide bonds. The van der Waals surface area contributed by atoms with Gasteiger partial charge >= 0.3 is 11.9 Å². The molecule has 0 aromatic rings. The third-order valence-electron chi connectivity index (χ3n) is 7.95. The molecule has 146 valence electrons. The number of hydrogen-bond donors (Lipinski definition) is 0. The molecule has 4 saturated carbocycles. The van der Waals surface area contributed by atoms with E-state index in [0.29, 0.717) is 24.9 Å². The molecule has 4 heteroatoms. The fourth-order valence-electron chi connectivity index (χ4n) is 6.77. The second-order valence-corrected chi connectivity index (χ2v) is 9.29. The first-order valence-electron chi connectivity index (χ1n) is 11.0. The second kappa shape index (κ2) is 7.52. The number of fused-ring (bicyclic) bond motifs is 4. The minimum absolute atomic E-state index is 0.0385. The largest absolute Gasteiger partial charge is 0.465 e. The quantitative estimate of drug-likeness (QED) is 0.499. The van der Waals surface area contributed by atoms with E-state index in [4.69, 9.17) is 9.47 Å². The molecule has 4 bridgehead atoms. The molecule has 26 heavy (non-hydrogen) atoms. The Kier molecular flexibility index (Phi) is 5.29. The Labute approximate surface area is 157 Å². The predicted molar refractivity (Wildman–Crippen MR) is 98.2 cm³/mol. The van der Waals surface area contributed by atoms with Gasteiger partial charge in [-0.15, -0.1) is 0 Å². The number of ether oxygens (including phenoxy) is 2. The fraction of sp³-hybridized carbons (Fsp3) is 0.909. The Morgan fingerprint density at radius 1 is 0.846 bits per heavy atom. The molecule has 0 N–H and O–H groups in total. The van der Waals surface area contributed by atoms with Crippen molar-refractivity contribution in [3.63, 3.8) is 0 Å². The Bertz CT molecular complexity index is 516. The highest BCUT2D eigenvalue weighted by atomic mass is 16.6. The van der Waals surface area contributed by atoms with Crippen LogP contribution in [0.25, 0.3) is 0 Å². The van der Waals surface area contributed by atoms with Gasteiger partial charge in [-0.3, -0.25) is 9.59 Å². The van der Waals surface area contributed by atoms with Crippen LogP contribution in [-0.2, 0) is 19.1 Å². The molecule has 7 unspecified atom stereocenters. The van der Waals surface area contributed by atoms with Crippen LogP contribution in [0.3, 0.4) is 0 Å². The summed E-state index contributed by atoms with van der Waals surface area (Å²) in [5.74, 6) is 2.71. The molecular weight excluding hydrogens is 328 g/mol. The standard InChI is InChI=1S/C22H34O4/c1-3-17(21(23)25-4-2)22(24)26-20(18-11-13-5-7-15(18)9-13)19-12-14-6-8-16(19)10-14/h13-20H,3-12H2,1-2H3. The number of esters is 2. The number of rotatable bonds is 7. The highest BCUT2D eigenvalue weighted by molar-refractivity contribution is 5.94. The lowest BCUT2D eigenvalue weighted by molar-refractivity contribution is -0.171. The van der Waals surface area contributed by atoms with E-state index in [1.54, 1.807) is 6.92 Å². The summed E-state index contributed by atoms with van der Waals surface area (Å²) < 4.78 is 11.3. The Balaban J connectivity index is 1.49. The summed E-state index contributed by atoms with van der Waals surface area (Å²) in [5.41, 5.74) is 0. The first kappa shape index (κ1) is 18.3. The zero-order chi connectivity index (χ0) is 18.3. The molecule has 0 aromatic carbocycles. The molecule has 0 aromatic heterocycles. The van der Waals surface area contributed by atoms with Crippen molar-refractivity contribution in [3.8, 4) is 0 Å². The van der Waals surface area contributed by atoms with Gasteiger partial charge in [0.1, 0.15) is 6.10 Å². The van der Waals surface area contributed by atoms with E-state index in [1.807, 2.05) is 6.92 Å². The first-order chi connectivity index (χ1) is 12.6. The van der Waals surface area contributed by atoms with Crippen molar-refractivity contribution >= 4 is 11.9 Å². The van der Waals surface area contributed by atoms with Crippen molar-refractivity contribution in [1.29, 1.82) is 0 Å². The van der Waals surface area contributed by atoms with Crippen LogP contribution in [0, 0.1) is 41.4 Å². The third kappa shape index (κ3) is 3.29. The maximum atomic E-state index is 12.9. The van der Waals surface area contributed by atoms with Crippen molar-refractivity contribution in [1.82, 2.24) is 0 Å². The third-order valence-corrected chi connectivity index (χ3v) is 7.95. The topological polar surface area (TPSA) is 52.6 Å². The van der Waals surface area contributed by atoms with Crippen LogP contribution >= 0.6 is 0 Å². The average molecular weight is 363 g/mol. The van der Waals surface area contributed by atoms with Gasteiger partial charge in [-0.2, -0.15) is 0 Å². The molecule has 0 aliphatic heterocycles. The highest BCUT2D eigenvalue weighted by Crippen LogP contribution is 2.56. The van der Waals surface area contributed by atoms with Gasteiger partial charge in [0, 0.05) is 0 Å². The molecule has 4 aliphatic rings. The number of carbonyl (C=O) groups is 2. The number of carbonyl (C=O) groups excluding carboxylic acids is 2. The molecule has 0 spiro atoms. The Hall–Kier alpha value is -1.06. The lowest BCUT2D eigenvalue weighted by Crippen LogP contribution is -2.41. The SMILES string of the molecule is CCOC(=O)C(CC)C(=O)OC(C1CC2CCC1C2)C1CC2CCC1C2. The normalized spacial score (nSPS) is 39.8. The molecule has 4 fully saturated rings. The molecule has 0 saturated heterocycles. The zero-order valence-corrected chi connectivity index (χ0v) is 16.3. The average Bonchev–Trinajstić information content (AvgIpc) is 3.40. The van der Waals surface area contributed by atoms with Crippen LogP contribution in [0.4, 0.5) is 0 Å². The van der Waals surface area contributed by atoms with Crippen molar-refractivity contribution in [2.45, 2.75) is 77.7 Å². The van der Waals surface area contributed by atoms with Gasteiger partial charge in [0.15, 0.2) is 5.92 Å².